The first kappa shape index (κ1) is 32.0. The third-order valence-corrected chi connectivity index (χ3v) is 8.50. The number of phenols is 1. The Morgan fingerprint density at radius 1 is 0.860 bits per heavy atom. The second kappa shape index (κ2) is 16.1. The molecule has 3 aromatic carbocycles. The fourth-order valence-electron chi connectivity index (χ4n) is 4.77. The number of amides is 2. The van der Waals surface area contributed by atoms with Crippen molar-refractivity contribution < 1.29 is 27.9 Å². The van der Waals surface area contributed by atoms with Gasteiger partial charge in [0.05, 0.1) is 17.0 Å². The Morgan fingerprint density at radius 2 is 1.53 bits per heavy atom. The monoisotopic (exact) mass is 607 g/mol. The maximum Gasteiger partial charge on any atom is 0.429 e. The van der Waals surface area contributed by atoms with Crippen molar-refractivity contribution in [2.75, 3.05) is 37.8 Å². The highest BCUT2D eigenvalue weighted by atomic mass is 32.2. The Hall–Kier alpha value is -3.93. The van der Waals surface area contributed by atoms with Crippen LogP contribution in [0, 0.1) is 6.42 Å². The summed E-state index contributed by atoms with van der Waals surface area (Å²) >= 11 is 0. The third kappa shape index (κ3) is 9.54. The van der Waals surface area contributed by atoms with Crippen LogP contribution < -0.4 is 15.0 Å². The van der Waals surface area contributed by atoms with Crippen LogP contribution in [-0.2, 0) is 19.6 Å². The lowest BCUT2D eigenvalue weighted by Crippen LogP contribution is -2.50. The summed E-state index contributed by atoms with van der Waals surface area (Å²) in [6.07, 6.45) is 5.48. The van der Waals surface area contributed by atoms with Crippen molar-refractivity contribution in [2.24, 2.45) is 0 Å². The summed E-state index contributed by atoms with van der Waals surface area (Å²) in [5.74, 6) is -0.216. The molecule has 11 heteroatoms. The average Bonchev–Trinajstić information content (AvgIpc) is 3.02. The molecule has 4 rings (SSSR count). The number of ether oxygens (including phenoxy) is 1. The van der Waals surface area contributed by atoms with E-state index in [1.807, 2.05) is 59.6 Å². The minimum absolute atomic E-state index is 0.00192. The Balaban J connectivity index is 1.20. The van der Waals surface area contributed by atoms with Gasteiger partial charge in [-0.3, -0.25) is 4.79 Å². The number of benzene rings is 3. The average molecular weight is 608 g/mol. The highest BCUT2D eigenvalue weighted by Crippen LogP contribution is 2.33. The Morgan fingerprint density at radius 3 is 2.28 bits per heavy atom. The van der Waals surface area contributed by atoms with Crippen molar-refractivity contribution in [2.45, 2.75) is 43.4 Å². The number of phenolic OH excluding ortho intramolecular Hbond substituents is 1. The largest absolute Gasteiger partial charge is 0.508 e. The van der Waals surface area contributed by atoms with Crippen LogP contribution in [0.5, 0.6) is 5.75 Å². The van der Waals surface area contributed by atoms with Crippen LogP contribution in [-0.4, -0.2) is 63.3 Å². The number of hydrazine groups is 1. The highest BCUT2D eigenvalue weighted by molar-refractivity contribution is 7.89. The minimum atomic E-state index is -3.63. The minimum Gasteiger partial charge on any atom is -0.508 e. The topological polar surface area (TPSA) is 128 Å². The van der Waals surface area contributed by atoms with Gasteiger partial charge in [-0.2, -0.15) is 0 Å². The van der Waals surface area contributed by atoms with E-state index in [0.717, 1.165) is 36.1 Å². The normalized spacial score (nSPS) is 13.8. The van der Waals surface area contributed by atoms with Crippen molar-refractivity contribution in [3.63, 3.8) is 0 Å². The molecular formula is C32H39N4O6S. The maximum absolute atomic E-state index is 13.4. The van der Waals surface area contributed by atoms with Crippen LogP contribution >= 0.6 is 0 Å². The molecule has 0 aliphatic carbocycles. The second-order valence-electron chi connectivity index (χ2n) is 10.2. The molecule has 1 radical (unpaired) electrons. The van der Waals surface area contributed by atoms with Crippen molar-refractivity contribution in [3.8, 4) is 16.9 Å². The number of aromatic hydroxyl groups is 1. The molecule has 0 unspecified atom stereocenters. The lowest BCUT2D eigenvalue weighted by molar-refractivity contribution is -0.121. The number of hydrogen-bond acceptors (Lipinski definition) is 7. The van der Waals surface area contributed by atoms with Gasteiger partial charge < -0.3 is 15.2 Å². The summed E-state index contributed by atoms with van der Waals surface area (Å²) in [5, 5.41) is 15.7. The molecule has 229 valence electrons. The Labute approximate surface area is 253 Å². The van der Waals surface area contributed by atoms with Crippen molar-refractivity contribution >= 4 is 27.7 Å². The van der Waals surface area contributed by atoms with Crippen molar-refractivity contribution in [1.29, 1.82) is 0 Å². The molecular weight excluding hydrogens is 568 g/mol. The summed E-state index contributed by atoms with van der Waals surface area (Å²) in [6.45, 7) is 2.05. The summed E-state index contributed by atoms with van der Waals surface area (Å²) in [4.78, 5) is 25.9. The van der Waals surface area contributed by atoms with Gasteiger partial charge in [0.15, 0.2) is 0 Å². The number of carbonyl (C=O) groups excluding carboxylic acids is 2. The summed E-state index contributed by atoms with van der Waals surface area (Å²) < 4.78 is 32.7. The van der Waals surface area contributed by atoms with Gasteiger partial charge in [-0.05, 0) is 68.0 Å². The molecule has 0 saturated carbocycles. The third-order valence-electron chi connectivity index (χ3n) is 7.02. The van der Waals surface area contributed by atoms with Crippen LogP contribution in [0.1, 0.15) is 38.5 Å². The van der Waals surface area contributed by atoms with Crippen molar-refractivity contribution in [3.05, 3.63) is 85.3 Å². The van der Waals surface area contributed by atoms with E-state index in [1.54, 1.807) is 5.01 Å². The predicted octanol–water partition coefficient (Wildman–Crippen LogP) is 4.87. The lowest BCUT2D eigenvalue weighted by Gasteiger charge is -2.37. The SMILES string of the molecule is O=C(CCOC(=O)N(c1ccccc1-c1ccccc1)N1CC[CH]CC1)NCCCCCNS(=O)(=O)c1ccc(O)cc1. The molecule has 1 aliphatic rings. The number of para-hydroxylation sites is 1. The molecule has 1 saturated heterocycles. The molecule has 0 spiro atoms. The van der Waals surface area contributed by atoms with Gasteiger partial charge in [0.2, 0.25) is 15.9 Å². The smallest absolute Gasteiger partial charge is 0.429 e. The summed E-state index contributed by atoms with van der Waals surface area (Å²) in [7, 11) is -3.63. The first-order valence-electron chi connectivity index (χ1n) is 14.6. The van der Waals surface area contributed by atoms with E-state index in [2.05, 4.69) is 16.5 Å². The van der Waals surface area contributed by atoms with E-state index < -0.39 is 16.1 Å². The number of nitrogens with zero attached hydrogens (tertiary/aromatic N) is 2. The predicted molar refractivity (Wildman–Crippen MR) is 166 cm³/mol. The number of sulfonamides is 1. The molecule has 10 nitrogen and oxygen atoms in total. The van der Waals surface area contributed by atoms with Crippen LogP contribution in [0.25, 0.3) is 11.1 Å². The highest BCUT2D eigenvalue weighted by Gasteiger charge is 2.28. The second-order valence-corrected chi connectivity index (χ2v) is 11.9. The molecule has 3 N–H and O–H groups in total. The Kier molecular flexibility index (Phi) is 12.0. The number of hydrogen-bond donors (Lipinski definition) is 3. The Bertz CT molecular complexity index is 1430. The standard InChI is InChI=1S/C32H39N4O6S/c37-27-16-18-28(19-17-27)43(40,41)34-22-9-2-8-21-33-31(38)20-25-42-32(39)36(35-23-10-3-11-24-35)30-15-7-6-14-29(30)26-12-4-1-5-13-26/h1,3-7,12-19,34,37H,2,8-11,20-25H2,(H,33,38). The maximum atomic E-state index is 13.4. The fourth-order valence-corrected chi connectivity index (χ4v) is 5.85. The van der Waals surface area contributed by atoms with Gasteiger partial charge in [0.25, 0.3) is 0 Å². The molecule has 2 amide bonds. The number of unbranched alkanes of at least 4 members (excludes halogenated alkanes) is 2. The molecule has 1 aliphatic heterocycles. The van der Waals surface area contributed by atoms with E-state index in [9.17, 15) is 23.1 Å². The fraction of sp³-hybridized carbons (Fsp3) is 0.344. The van der Waals surface area contributed by atoms with Gasteiger partial charge >= 0.3 is 6.09 Å². The zero-order valence-corrected chi connectivity index (χ0v) is 25.0. The van der Waals surface area contributed by atoms with Crippen molar-refractivity contribution in [1.82, 2.24) is 15.0 Å². The number of anilines is 1. The lowest BCUT2D eigenvalue weighted by atomic mass is 10.0. The zero-order valence-electron chi connectivity index (χ0n) is 24.2. The molecule has 0 atom stereocenters. The van der Waals surface area contributed by atoms with Crippen LogP contribution in [0.15, 0.2) is 83.8 Å². The van der Waals surface area contributed by atoms with E-state index in [-0.39, 0.29) is 36.1 Å². The molecule has 0 aromatic heterocycles. The zero-order chi connectivity index (χ0) is 30.5. The van der Waals surface area contributed by atoms with Gasteiger partial charge in [0, 0.05) is 31.7 Å². The van der Waals surface area contributed by atoms with Gasteiger partial charge in [-0.1, -0.05) is 55.0 Å². The number of nitrogens with one attached hydrogen (secondary N) is 2. The molecule has 1 fully saturated rings. The molecule has 1 heterocycles. The van der Waals surface area contributed by atoms with E-state index >= 15 is 0 Å². The molecule has 3 aromatic rings. The molecule has 43 heavy (non-hydrogen) atoms. The van der Waals surface area contributed by atoms with Gasteiger partial charge in [-0.25, -0.2) is 28.0 Å². The number of piperidine rings is 1. The summed E-state index contributed by atoms with van der Waals surface area (Å²) in [5.41, 5.74) is 2.64. The summed E-state index contributed by atoms with van der Waals surface area (Å²) in [6, 6.07) is 23.0. The van der Waals surface area contributed by atoms with E-state index in [0.29, 0.717) is 32.5 Å². The van der Waals surface area contributed by atoms with Gasteiger partial charge in [-0.15, -0.1) is 0 Å². The first-order chi connectivity index (χ1) is 20.8. The molecule has 0 bridgehead atoms. The van der Waals surface area contributed by atoms with E-state index in [4.69, 9.17) is 4.74 Å². The first-order valence-corrected chi connectivity index (χ1v) is 16.1. The number of carbonyl (C=O) groups is 2. The van der Waals surface area contributed by atoms with E-state index in [1.165, 1.54) is 24.3 Å². The quantitative estimate of drug-likeness (QED) is 0.223. The van der Waals surface area contributed by atoms with Crippen LogP contribution in [0.2, 0.25) is 0 Å². The number of rotatable bonds is 14. The van der Waals surface area contributed by atoms with Crippen LogP contribution in [0.3, 0.4) is 0 Å². The van der Waals surface area contributed by atoms with Gasteiger partial charge in [0.1, 0.15) is 12.4 Å². The van der Waals surface area contributed by atoms with Crippen LogP contribution in [0.4, 0.5) is 10.5 Å².